The van der Waals surface area contributed by atoms with E-state index < -0.39 is 0 Å². The number of anilines is 1. The van der Waals surface area contributed by atoms with E-state index in [9.17, 15) is 4.79 Å². The van der Waals surface area contributed by atoms with Crippen LogP contribution in [0.1, 0.15) is 24.1 Å². The van der Waals surface area contributed by atoms with Gasteiger partial charge < -0.3 is 9.88 Å². The van der Waals surface area contributed by atoms with Gasteiger partial charge in [0, 0.05) is 49.8 Å². The van der Waals surface area contributed by atoms with Gasteiger partial charge in [0.1, 0.15) is 0 Å². The molecule has 146 valence electrons. The molecule has 0 radical (unpaired) electrons. The van der Waals surface area contributed by atoms with E-state index in [1.807, 2.05) is 36.4 Å². The van der Waals surface area contributed by atoms with Crippen LogP contribution in [0.3, 0.4) is 0 Å². The molecular formula is C23H23N5O. The first-order valence-corrected chi connectivity index (χ1v) is 10.1. The van der Waals surface area contributed by atoms with Crippen LogP contribution < -0.4 is 10.6 Å². The third-order valence-corrected chi connectivity index (χ3v) is 6.13. The summed E-state index contributed by atoms with van der Waals surface area (Å²) in [5.74, 6) is 0. The predicted octanol–water partition coefficient (Wildman–Crippen LogP) is 2.87. The summed E-state index contributed by atoms with van der Waals surface area (Å²) in [7, 11) is 0. The molecule has 2 aromatic heterocycles. The van der Waals surface area contributed by atoms with Crippen LogP contribution >= 0.6 is 0 Å². The van der Waals surface area contributed by atoms with Crippen molar-refractivity contribution in [3.05, 3.63) is 76.5 Å². The number of rotatable bonds is 3. The van der Waals surface area contributed by atoms with Crippen LogP contribution in [-0.4, -0.2) is 46.5 Å². The molecule has 5 rings (SSSR count). The number of H-pyrrole nitrogens is 1. The van der Waals surface area contributed by atoms with Crippen molar-refractivity contribution >= 4 is 16.8 Å². The van der Waals surface area contributed by atoms with Crippen LogP contribution in [0.5, 0.6) is 0 Å². The summed E-state index contributed by atoms with van der Waals surface area (Å²) in [5.41, 5.74) is 4.93. The van der Waals surface area contributed by atoms with Crippen molar-refractivity contribution in [3.8, 4) is 6.07 Å². The monoisotopic (exact) mass is 385 g/mol. The van der Waals surface area contributed by atoms with Gasteiger partial charge in [-0.1, -0.05) is 6.08 Å². The maximum atomic E-state index is 12.3. The van der Waals surface area contributed by atoms with Crippen LogP contribution in [-0.2, 0) is 0 Å². The smallest absolute Gasteiger partial charge is 0.330 e. The van der Waals surface area contributed by atoms with Gasteiger partial charge in [-0.25, -0.2) is 4.79 Å². The molecule has 0 bridgehead atoms. The van der Waals surface area contributed by atoms with Gasteiger partial charge in [-0.3, -0.25) is 9.30 Å². The first kappa shape index (κ1) is 17.8. The molecule has 1 fully saturated rings. The van der Waals surface area contributed by atoms with Gasteiger partial charge in [0.05, 0.1) is 17.1 Å². The van der Waals surface area contributed by atoms with Crippen LogP contribution in [0, 0.1) is 11.3 Å². The zero-order valence-corrected chi connectivity index (χ0v) is 16.2. The maximum Gasteiger partial charge on any atom is 0.330 e. The molecule has 6 nitrogen and oxygen atoms in total. The molecule has 6 heteroatoms. The lowest BCUT2D eigenvalue weighted by atomic mass is 10.1. The van der Waals surface area contributed by atoms with Crippen molar-refractivity contribution in [3.63, 3.8) is 0 Å². The highest BCUT2D eigenvalue weighted by Crippen LogP contribution is 2.30. The van der Waals surface area contributed by atoms with Gasteiger partial charge in [0.25, 0.3) is 0 Å². The Morgan fingerprint density at radius 1 is 1.07 bits per heavy atom. The number of fused-ring (bicyclic) bond motifs is 1. The number of nitrogens with one attached hydrogen (secondary N) is 1. The van der Waals surface area contributed by atoms with Gasteiger partial charge in [-0.05, 0) is 60.9 Å². The van der Waals surface area contributed by atoms with Gasteiger partial charge in [0.15, 0.2) is 0 Å². The maximum absolute atomic E-state index is 12.3. The largest absolute Gasteiger partial charge is 0.369 e. The molecule has 2 aliphatic rings. The van der Waals surface area contributed by atoms with E-state index in [0.29, 0.717) is 11.6 Å². The molecule has 3 aromatic rings. The molecule has 0 saturated carbocycles. The lowest BCUT2D eigenvalue weighted by Gasteiger charge is -2.38. The quantitative estimate of drug-likeness (QED) is 0.753. The Morgan fingerprint density at radius 3 is 2.62 bits per heavy atom. The Hall–Kier alpha value is -3.30. The highest BCUT2D eigenvalue weighted by Gasteiger charge is 2.27. The molecule has 1 aliphatic heterocycles. The number of benzene rings is 1. The molecule has 0 spiro atoms. The van der Waals surface area contributed by atoms with E-state index in [1.165, 1.54) is 11.3 Å². The van der Waals surface area contributed by atoms with Crippen molar-refractivity contribution in [1.82, 2.24) is 14.3 Å². The normalized spacial score (nSPS) is 20.0. The number of aromatic amines is 1. The molecule has 1 N–H and O–H groups in total. The van der Waals surface area contributed by atoms with Crippen molar-refractivity contribution < 1.29 is 0 Å². The molecule has 1 atom stereocenters. The molecule has 3 heterocycles. The van der Waals surface area contributed by atoms with Gasteiger partial charge >= 0.3 is 5.69 Å². The van der Waals surface area contributed by atoms with Crippen molar-refractivity contribution in [2.24, 2.45) is 0 Å². The van der Waals surface area contributed by atoms with Crippen LogP contribution in [0.25, 0.3) is 11.1 Å². The summed E-state index contributed by atoms with van der Waals surface area (Å²) in [4.78, 5) is 20.2. The standard InChI is InChI=1S/C23H23N5O/c24-16-17-3-6-19(7-4-17)26-10-12-27(13-11-26)20-8-5-18(14-20)22-15-21-2-1-9-28(21)23(29)25-22/h1-4,6-7,9,14-15,20H,5,8,10-13H2,(H,25,29). The molecule has 1 unspecified atom stereocenters. The number of aromatic nitrogens is 2. The van der Waals surface area contributed by atoms with Gasteiger partial charge in [0.2, 0.25) is 0 Å². The minimum absolute atomic E-state index is 0.0807. The van der Waals surface area contributed by atoms with E-state index in [-0.39, 0.29) is 5.69 Å². The summed E-state index contributed by atoms with van der Waals surface area (Å²) < 4.78 is 1.64. The first-order chi connectivity index (χ1) is 14.2. The molecule has 0 amide bonds. The summed E-state index contributed by atoms with van der Waals surface area (Å²) >= 11 is 0. The highest BCUT2D eigenvalue weighted by molar-refractivity contribution is 5.68. The second-order valence-electron chi connectivity index (χ2n) is 7.77. The molecule has 29 heavy (non-hydrogen) atoms. The Bertz CT molecular complexity index is 1160. The second kappa shape index (κ2) is 7.26. The topological polar surface area (TPSA) is 67.5 Å². The van der Waals surface area contributed by atoms with Gasteiger partial charge in [-0.2, -0.15) is 5.26 Å². The Balaban J connectivity index is 1.27. The van der Waals surface area contributed by atoms with E-state index in [1.54, 1.807) is 10.6 Å². The fourth-order valence-corrected chi connectivity index (χ4v) is 4.50. The zero-order valence-electron chi connectivity index (χ0n) is 16.2. The molecule has 1 aliphatic carbocycles. The minimum Gasteiger partial charge on any atom is -0.369 e. The summed E-state index contributed by atoms with van der Waals surface area (Å²) in [6, 6.07) is 16.4. The number of nitriles is 1. The van der Waals surface area contributed by atoms with Crippen molar-refractivity contribution in [1.29, 1.82) is 5.26 Å². The predicted molar refractivity (Wildman–Crippen MR) is 114 cm³/mol. The van der Waals surface area contributed by atoms with Crippen molar-refractivity contribution in [2.45, 2.75) is 18.9 Å². The Morgan fingerprint density at radius 2 is 1.86 bits per heavy atom. The third kappa shape index (κ3) is 3.34. The summed E-state index contributed by atoms with van der Waals surface area (Å²) in [6.45, 7) is 4.00. The Labute approximate surface area is 169 Å². The average molecular weight is 385 g/mol. The van der Waals surface area contributed by atoms with E-state index in [0.717, 1.165) is 50.2 Å². The number of allylic oxidation sites excluding steroid dienone is 1. The first-order valence-electron chi connectivity index (χ1n) is 10.1. The average Bonchev–Trinajstić information content (AvgIpc) is 3.44. The number of nitrogens with zero attached hydrogens (tertiary/aromatic N) is 4. The van der Waals surface area contributed by atoms with Crippen LogP contribution in [0.15, 0.2) is 59.5 Å². The van der Waals surface area contributed by atoms with Crippen LogP contribution in [0.4, 0.5) is 5.69 Å². The second-order valence-corrected chi connectivity index (χ2v) is 7.77. The van der Waals surface area contributed by atoms with E-state index in [2.05, 4.69) is 33.0 Å². The molecule has 1 saturated heterocycles. The SMILES string of the molecule is N#Cc1ccc(N2CCN(C3C=C(c4cc5cccn5c(=O)[nH]4)CC3)CC2)cc1. The lowest BCUT2D eigenvalue weighted by Crippen LogP contribution is -2.49. The summed E-state index contributed by atoms with van der Waals surface area (Å²) in [5, 5.41) is 8.96. The number of hydrogen-bond acceptors (Lipinski definition) is 4. The lowest BCUT2D eigenvalue weighted by molar-refractivity contribution is 0.214. The fraction of sp³-hybridized carbons (Fsp3) is 0.304. The van der Waals surface area contributed by atoms with Crippen molar-refractivity contribution in [2.75, 3.05) is 31.1 Å². The highest BCUT2D eigenvalue weighted by atomic mass is 16.1. The van der Waals surface area contributed by atoms with Crippen LogP contribution in [0.2, 0.25) is 0 Å². The zero-order chi connectivity index (χ0) is 19.8. The number of piperazine rings is 1. The minimum atomic E-state index is -0.0807. The fourth-order valence-electron chi connectivity index (χ4n) is 4.50. The Kier molecular flexibility index (Phi) is 4.45. The van der Waals surface area contributed by atoms with E-state index >= 15 is 0 Å². The summed E-state index contributed by atoms with van der Waals surface area (Å²) in [6.07, 6.45) is 6.22. The third-order valence-electron chi connectivity index (χ3n) is 6.13. The number of hydrogen-bond donors (Lipinski definition) is 1. The molecule has 1 aromatic carbocycles. The van der Waals surface area contributed by atoms with Gasteiger partial charge in [-0.15, -0.1) is 0 Å². The molecular weight excluding hydrogens is 362 g/mol. The van der Waals surface area contributed by atoms with E-state index in [4.69, 9.17) is 5.26 Å².